The Morgan fingerprint density at radius 2 is 2.06 bits per heavy atom. The van der Waals surface area contributed by atoms with Crippen molar-refractivity contribution in [3.05, 3.63) is 0 Å². The minimum Gasteiger partial charge on any atom is -0.342 e. The summed E-state index contributed by atoms with van der Waals surface area (Å²) in [6, 6.07) is 0.507. The van der Waals surface area contributed by atoms with Crippen molar-refractivity contribution in [2.24, 2.45) is 11.7 Å². The average Bonchev–Trinajstić information content (AvgIpc) is 2.28. The SMILES string of the molecule is CC(N)C1CCCN(CC(=O)N(C)C(C)C)C1.Cl. The zero-order valence-corrected chi connectivity index (χ0v) is 12.9. The number of rotatable bonds is 4. The van der Waals surface area contributed by atoms with Crippen LogP contribution < -0.4 is 5.73 Å². The first-order chi connectivity index (χ1) is 7.91. The zero-order valence-electron chi connectivity index (χ0n) is 12.1. The second-order valence-corrected chi connectivity index (χ2v) is 5.59. The zero-order chi connectivity index (χ0) is 13.0. The number of carbonyl (C=O) groups is 1. The van der Waals surface area contributed by atoms with Crippen molar-refractivity contribution < 1.29 is 4.79 Å². The van der Waals surface area contributed by atoms with Gasteiger partial charge >= 0.3 is 0 Å². The van der Waals surface area contributed by atoms with Gasteiger partial charge in [-0.15, -0.1) is 12.4 Å². The summed E-state index contributed by atoms with van der Waals surface area (Å²) in [6.45, 7) is 8.68. The molecule has 0 aliphatic carbocycles. The molecule has 18 heavy (non-hydrogen) atoms. The molecule has 1 fully saturated rings. The Balaban J connectivity index is 0.00000289. The van der Waals surface area contributed by atoms with E-state index < -0.39 is 0 Å². The Kier molecular flexibility index (Phi) is 7.83. The molecule has 1 rings (SSSR count). The fraction of sp³-hybridized carbons (Fsp3) is 0.923. The molecule has 1 saturated heterocycles. The monoisotopic (exact) mass is 277 g/mol. The Morgan fingerprint density at radius 3 is 2.56 bits per heavy atom. The molecule has 0 bridgehead atoms. The van der Waals surface area contributed by atoms with Gasteiger partial charge in [0.1, 0.15) is 0 Å². The third-order valence-electron chi connectivity index (χ3n) is 3.81. The Hall–Kier alpha value is -0.320. The van der Waals surface area contributed by atoms with Gasteiger partial charge in [-0.1, -0.05) is 0 Å². The summed E-state index contributed by atoms with van der Waals surface area (Å²) in [6.07, 6.45) is 2.35. The Bertz CT molecular complexity index is 259. The summed E-state index contributed by atoms with van der Waals surface area (Å²) in [7, 11) is 1.87. The molecule has 108 valence electrons. The van der Waals surface area contributed by atoms with Gasteiger partial charge in [-0.3, -0.25) is 9.69 Å². The van der Waals surface area contributed by atoms with E-state index >= 15 is 0 Å². The maximum atomic E-state index is 12.0. The van der Waals surface area contributed by atoms with Gasteiger partial charge in [0.25, 0.3) is 0 Å². The first kappa shape index (κ1) is 17.7. The van der Waals surface area contributed by atoms with Crippen molar-refractivity contribution in [1.29, 1.82) is 0 Å². The first-order valence-electron chi connectivity index (χ1n) is 6.65. The first-order valence-corrected chi connectivity index (χ1v) is 6.65. The highest BCUT2D eigenvalue weighted by Crippen LogP contribution is 2.18. The number of halogens is 1. The molecule has 1 amide bonds. The van der Waals surface area contributed by atoms with Gasteiger partial charge in [0, 0.05) is 25.7 Å². The number of likely N-dealkylation sites (tertiary alicyclic amines) is 1. The van der Waals surface area contributed by atoms with Crippen LogP contribution in [-0.2, 0) is 4.79 Å². The van der Waals surface area contributed by atoms with E-state index in [0.717, 1.165) is 19.5 Å². The molecule has 2 unspecified atom stereocenters. The van der Waals surface area contributed by atoms with Crippen molar-refractivity contribution in [2.75, 3.05) is 26.7 Å². The molecule has 1 aliphatic heterocycles. The van der Waals surface area contributed by atoms with Crippen molar-refractivity contribution >= 4 is 18.3 Å². The minimum absolute atomic E-state index is 0. The minimum atomic E-state index is 0. The predicted molar refractivity (Wildman–Crippen MR) is 78.0 cm³/mol. The van der Waals surface area contributed by atoms with E-state index in [1.165, 1.54) is 6.42 Å². The number of amides is 1. The van der Waals surface area contributed by atoms with Crippen molar-refractivity contribution in [3.63, 3.8) is 0 Å². The van der Waals surface area contributed by atoms with E-state index in [9.17, 15) is 4.79 Å². The fourth-order valence-electron chi connectivity index (χ4n) is 2.25. The van der Waals surface area contributed by atoms with Gasteiger partial charge in [-0.2, -0.15) is 0 Å². The third-order valence-corrected chi connectivity index (χ3v) is 3.81. The van der Waals surface area contributed by atoms with Crippen LogP contribution in [0.4, 0.5) is 0 Å². The van der Waals surface area contributed by atoms with Gasteiger partial charge in [0.2, 0.25) is 5.91 Å². The fourth-order valence-corrected chi connectivity index (χ4v) is 2.25. The van der Waals surface area contributed by atoms with Gasteiger partial charge in [-0.05, 0) is 46.1 Å². The highest BCUT2D eigenvalue weighted by molar-refractivity contribution is 5.85. The van der Waals surface area contributed by atoms with Crippen molar-refractivity contribution in [3.8, 4) is 0 Å². The highest BCUT2D eigenvalue weighted by Gasteiger charge is 2.25. The van der Waals surface area contributed by atoms with Crippen molar-refractivity contribution in [2.45, 2.75) is 45.7 Å². The van der Waals surface area contributed by atoms with E-state index in [0.29, 0.717) is 12.5 Å². The summed E-state index contributed by atoms with van der Waals surface area (Å²) in [4.78, 5) is 16.0. The average molecular weight is 278 g/mol. The predicted octanol–water partition coefficient (Wildman–Crippen LogP) is 1.33. The van der Waals surface area contributed by atoms with Crippen molar-refractivity contribution in [1.82, 2.24) is 9.80 Å². The van der Waals surface area contributed by atoms with E-state index in [2.05, 4.69) is 11.8 Å². The molecule has 0 spiro atoms. The summed E-state index contributed by atoms with van der Waals surface area (Å²) in [5, 5.41) is 0. The van der Waals surface area contributed by atoms with E-state index in [-0.39, 0.29) is 30.4 Å². The lowest BCUT2D eigenvalue weighted by Gasteiger charge is -2.35. The van der Waals surface area contributed by atoms with Crippen LogP contribution in [0.15, 0.2) is 0 Å². The molecule has 0 aromatic carbocycles. The second-order valence-electron chi connectivity index (χ2n) is 5.59. The molecule has 0 aromatic heterocycles. The van der Waals surface area contributed by atoms with Crippen LogP contribution in [0, 0.1) is 5.92 Å². The molecule has 5 heteroatoms. The van der Waals surface area contributed by atoms with Crippen LogP contribution in [0.25, 0.3) is 0 Å². The molecule has 0 radical (unpaired) electrons. The third kappa shape index (κ3) is 5.12. The smallest absolute Gasteiger partial charge is 0.236 e. The van der Waals surface area contributed by atoms with Crippen LogP contribution in [-0.4, -0.2) is 54.5 Å². The lowest BCUT2D eigenvalue weighted by atomic mass is 9.92. The maximum Gasteiger partial charge on any atom is 0.236 e. The normalized spacial score (nSPS) is 22.4. The summed E-state index contributed by atoms with van der Waals surface area (Å²) < 4.78 is 0. The Morgan fingerprint density at radius 1 is 1.44 bits per heavy atom. The summed E-state index contributed by atoms with van der Waals surface area (Å²) >= 11 is 0. The van der Waals surface area contributed by atoms with E-state index in [1.807, 2.05) is 25.8 Å². The summed E-state index contributed by atoms with van der Waals surface area (Å²) in [5.74, 6) is 0.756. The largest absolute Gasteiger partial charge is 0.342 e. The number of nitrogens with two attached hydrogens (primary N) is 1. The molecule has 1 aliphatic rings. The van der Waals surface area contributed by atoms with E-state index in [4.69, 9.17) is 5.73 Å². The lowest BCUT2D eigenvalue weighted by molar-refractivity contribution is -0.133. The van der Waals surface area contributed by atoms with Crippen LogP contribution in [0.2, 0.25) is 0 Å². The molecule has 1 heterocycles. The maximum absolute atomic E-state index is 12.0. The topological polar surface area (TPSA) is 49.6 Å². The molecule has 2 atom stereocenters. The molecule has 0 aromatic rings. The second kappa shape index (κ2) is 7.97. The highest BCUT2D eigenvalue weighted by atomic mass is 35.5. The van der Waals surface area contributed by atoms with E-state index in [1.54, 1.807) is 0 Å². The van der Waals surface area contributed by atoms with Crippen LogP contribution in [0.3, 0.4) is 0 Å². The van der Waals surface area contributed by atoms with Gasteiger partial charge in [0.15, 0.2) is 0 Å². The van der Waals surface area contributed by atoms with Crippen LogP contribution in [0.1, 0.15) is 33.6 Å². The quantitative estimate of drug-likeness (QED) is 0.844. The lowest BCUT2D eigenvalue weighted by Crippen LogP contribution is -2.47. The number of nitrogens with zero attached hydrogens (tertiary/aromatic N) is 2. The number of likely N-dealkylation sites (N-methyl/N-ethyl adjacent to an activating group) is 1. The van der Waals surface area contributed by atoms with Gasteiger partial charge in [0.05, 0.1) is 6.54 Å². The standard InChI is InChI=1S/C13H27N3O.ClH/c1-10(2)15(4)13(17)9-16-7-5-6-12(8-16)11(3)14;/h10-12H,5-9,14H2,1-4H3;1H. The molecule has 4 nitrogen and oxygen atoms in total. The Labute approximate surface area is 117 Å². The number of hydrogen-bond acceptors (Lipinski definition) is 3. The molecule has 0 saturated carbocycles. The van der Waals surface area contributed by atoms with Crippen LogP contribution >= 0.6 is 12.4 Å². The van der Waals surface area contributed by atoms with Gasteiger partial charge in [-0.25, -0.2) is 0 Å². The van der Waals surface area contributed by atoms with Gasteiger partial charge < -0.3 is 10.6 Å². The molecular formula is C13H28ClN3O. The summed E-state index contributed by atoms with van der Waals surface area (Å²) in [5.41, 5.74) is 5.95. The van der Waals surface area contributed by atoms with Crippen LogP contribution in [0.5, 0.6) is 0 Å². The number of hydrogen-bond donors (Lipinski definition) is 1. The number of piperidine rings is 1. The molecular weight excluding hydrogens is 250 g/mol. The molecule has 2 N–H and O–H groups in total. The number of carbonyl (C=O) groups excluding carboxylic acids is 1.